The summed E-state index contributed by atoms with van der Waals surface area (Å²) in [5.41, 5.74) is 3.77. The van der Waals surface area contributed by atoms with E-state index in [-0.39, 0.29) is 12.8 Å². The van der Waals surface area contributed by atoms with Gasteiger partial charge >= 0.3 is 17.6 Å². The number of nitrogens with zero attached hydrogens (tertiary/aromatic N) is 1. The molecule has 11 nitrogen and oxygen atoms in total. The molecule has 1 aliphatic heterocycles. The van der Waals surface area contributed by atoms with Gasteiger partial charge in [-0.3, -0.25) is 19.1 Å². The Bertz CT molecular complexity index is 655. The van der Waals surface area contributed by atoms with Gasteiger partial charge in [-0.15, -0.1) is 0 Å². The molecule has 2 atom stereocenters. The minimum Gasteiger partial charge on any atom is -0.405 e. The van der Waals surface area contributed by atoms with Crippen molar-refractivity contribution in [3.05, 3.63) is 33.1 Å². The molecule has 0 amide bonds. The molecule has 0 saturated carbocycles. The SMILES string of the molecule is CCC.CO.NCC(=O)OC(O)(O)C1CCC(n2ccc(=O)[nH]c2=O)O1. The quantitative estimate of drug-likeness (QED) is 0.305. The Morgan fingerprint density at radius 3 is 2.46 bits per heavy atom. The number of ether oxygens (including phenoxy) is 2. The number of carbonyl (C=O) groups is 1. The van der Waals surface area contributed by atoms with E-state index in [1.165, 1.54) is 12.6 Å². The number of aromatic amines is 1. The van der Waals surface area contributed by atoms with Crippen LogP contribution in [0.25, 0.3) is 0 Å². The van der Waals surface area contributed by atoms with Gasteiger partial charge in [0, 0.05) is 19.4 Å². The molecule has 150 valence electrons. The molecular formula is C15H27N3O8. The number of nitrogens with one attached hydrogen (secondary N) is 1. The first kappa shape index (κ1) is 23.9. The summed E-state index contributed by atoms with van der Waals surface area (Å²) in [5, 5.41) is 26.4. The molecule has 26 heavy (non-hydrogen) atoms. The Balaban J connectivity index is 0.00000113. The third-order valence-electron chi connectivity index (χ3n) is 3.01. The van der Waals surface area contributed by atoms with Crippen LogP contribution in [0.3, 0.4) is 0 Å². The van der Waals surface area contributed by atoms with Crippen molar-refractivity contribution in [2.75, 3.05) is 13.7 Å². The highest BCUT2D eigenvalue weighted by Crippen LogP contribution is 2.32. The van der Waals surface area contributed by atoms with Crippen LogP contribution in [0.15, 0.2) is 21.9 Å². The van der Waals surface area contributed by atoms with Crippen molar-refractivity contribution in [1.82, 2.24) is 9.55 Å². The van der Waals surface area contributed by atoms with Crippen LogP contribution in [0.2, 0.25) is 0 Å². The van der Waals surface area contributed by atoms with Crippen LogP contribution in [0.5, 0.6) is 0 Å². The molecule has 1 aromatic heterocycles. The third-order valence-corrected chi connectivity index (χ3v) is 3.01. The fourth-order valence-electron chi connectivity index (χ4n) is 2.03. The summed E-state index contributed by atoms with van der Waals surface area (Å²) < 4.78 is 10.8. The maximum Gasteiger partial charge on any atom is 0.352 e. The molecule has 0 aliphatic carbocycles. The lowest BCUT2D eigenvalue weighted by Gasteiger charge is -2.27. The van der Waals surface area contributed by atoms with Crippen LogP contribution in [-0.2, 0) is 14.3 Å². The number of H-pyrrole nitrogens is 1. The van der Waals surface area contributed by atoms with Crippen molar-refractivity contribution in [2.45, 2.75) is 51.4 Å². The zero-order valence-corrected chi connectivity index (χ0v) is 15.0. The molecule has 2 rings (SSSR count). The van der Waals surface area contributed by atoms with Crippen LogP contribution in [-0.4, -0.2) is 56.6 Å². The Labute approximate surface area is 150 Å². The lowest BCUT2D eigenvalue weighted by Crippen LogP contribution is -2.47. The van der Waals surface area contributed by atoms with Crippen molar-refractivity contribution < 1.29 is 29.6 Å². The van der Waals surface area contributed by atoms with Gasteiger partial charge in [0.05, 0.1) is 6.54 Å². The summed E-state index contributed by atoms with van der Waals surface area (Å²) in [4.78, 5) is 35.6. The van der Waals surface area contributed by atoms with Gasteiger partial charge in [-0.25, -0.2) is 4.79 Å². The van der Waals surface area contributed by atoms with Crippen molar-refractivity contribution in [3.8, 4) is 0 Å². The molecule has 11 heteroatoms. The van der Waals surface area contributed by atoms with Crippen molar-refractivity contribution >= 4 is 5.97 Å². The lowest BCUT2D eigenvalue weighted by atomic mass is 10.2. The number of rotatable bonds is 4. The molecule has 6 N–H and O–H groups in total. The molecule has 1 aliphatic rings. The highest BCUT2D eigenvalue weighted by atomic mass is 16.8. The minimum atomic E-state index is -2.84. The van der Waals surface area contributed by atoms with E-state index in [9.17, 15) is 24.6 Å². The van der Waals surface area contributed by atoms with Crippen LogP contribution in [0.1, 0.15) is 39.3 Å². The van der Waals surface area contributed by atoms with E-state index in [1.54, 1.807) is 0 Å². The number of carbonyl (C=O) groups excluding carboxylic acids is 1. The van der Waals surface area contributed by atoms with E-state index in [1.807, 2.05) is 0 Å². The van der Waals surface area contributed by atoms with Gasteiger partial charge in [0.2, 0.25) is 0 Å². The second kappa shape index (κ2) is 11.5. The summed E-state index contributed by atoms with van der Waals surface area (Å²) in [7, 11) is 1.00. The van der Waals surface area contributed by atoms with Gasteiger partial charge in [-0.1, -0.05) is 20.3 Å². The first-order valence-corrected chi connectivity index (χ1v) is 8.03. The Morgan fingerprint density at radius 2 is 1.96 bits per heavy atom. The molecule has 0 radical (unpaired) electrons. The normalized spacial score (nSPS) is 18.9. The smallest absolute Gasteiger partial charge is 0.352 e. The Kier molecular flexibility index (Phi) is 10.6. The van der Waals surface area contributed by atoms with Crippen LogP contribution < -0.4 is 17.0 Å². The number of hydrogen-bond acceptors (Lipinski definition) is 9. The third kappa shape index (κ3) is 7.06. The number of hydrogen-bond donors (Lipinski definition) is 5. The van der Waals surface area contributed by atoms with Crippen LogP contribution >= 0.6 is 0 Å². The predicted molar refractivity (Wildman–Crippen MR) is 90.9 cm³/mol. The van der Waals surface area contributed by atoms with E-state index >= 15 is 0 Å². The summed E-state index contributed by atoms with van der Waals surface area (Å²) >= 11 is 0. The molecule has 0 bridgehead atoms. The number of nitrogens with two attached hydrogens (primary N) is 1. The van der Waals surface area contributed by atoms with Gasteiger partial charge in [0.15, 0.2) is 6.10 Å². The van der Waals surface area contributed by atoms with E-state index in [0.29, 0.717) is 0 Å². The average Bonchev–Trinajstić information content (AvgIpc) is 3.07. The van der Waals surface area contributed by atoms with E-state index in [4.69, 9.17) is 15.6 Å². The summed E-state index contributed by atoms with van der Waals surface area (Å²) in [6, 6.07) is 1.14. The number of aliphatic hydroxyl groups is 3. The summed E-state index contributed by atoms with van der Waals surface area (Å²) in [6.45, 7) is 3.73. The molecule has 0 aromatic carbocycles. The maximum absolute atomic E-state index is 11.6. The monoisotopic (exact) mass is 377 g/mol. The first-order valence-electron chi connectivity index (χ1n) is 8.03. The second-order valence-electron chi connectivity index (χ2n) is 5.22. The Hall–Kier alpha value is -2.05. The maximum atomic E-state index is 11.6. The predicted octanol–water partition coefficient (Wildman–Crippen LogP) is -1.62. The highest BCUT2D eigenvalue weighted by Gasteiger charge is 2.45. The molecule has 2 heterocycles. The van der Waals surface area contributed by atoms with Crippen LogP contribution in [0, 0.1) is 0 Å². The van der Waals surface area contributed by atoms with Crippen molar-refractivity contribution in [3.63, 3.8) is 0 Å². The lowest BCUT2D eigenvalue weighted by molar-refractivity contribution is -0.362. The average molecular weight is 377 g/mol. The standard InChI is InChI=1S/C11H15N3O7.C3H8.CH4O/c12-5-9(16)21-11(18,19)6-1-2-8(20-6)14-4-3-7(15)13-10(14)17;1-3-2;1-2/h3-4,6,8,18-19H,1-2,5,12H2,(H,13,15,17);3H2,1-2H3;2H,1H3. The van der Waals surface area contributed by atoms with Gasteiger partial charge in [-0.05, 0) is 12.8 Å². The summed E-state index contributed by atoms with van der Waals surface area (Å²) in [5.74, 6) is -3.84. The number of aliphatic hydroxyl groups excluding tert-OH is 1. The van der Waals surface area contributed by atoms with Crippen molar-refractivity contribution in [1.29, 1.82) is 0 Å². The molecule has 2 unspecified atom stereocenters. The second-order valence-corrected chi connectivity index (χ2v) is 5.22. The van der Waals surface area contributed by atoms with E-state index in [0.717, 1.165) is 17.7 Å². The molecular weight excluding hydrogens is 350 g/mol. The molecule has 1 aromatic rings. The van der Waals surface area contributed by atoms with Gasteiger partial charge in [0.25, 0.3) is 5.56 Å². The van der Waals surface area contributed by atoms with Crippen LogP contribution in [0.4, 0.5) is 0 Å². The molecule has 1 fully saturated rings. The number of esters is 1. The fraction of sp³-hybridized carbons (Fsp3) is 0.667. The van der Waals surface area contributed by atoms with Gasteiger partial charge in [0.1, 0.15) is 6.23 Å². The fourth-order valence-corrected chi connectivity index (χ4v) is 2.03. The van der Waals surface area contributed by atoms with E-state index < -0.39 is 42.1 Å². The topological polar surface area (TPSA) is 177 Å². The minimum absolute atomic E-state index is 0.126. The van der Waals surface area contributed by atoms with Crippen molar-refractivity contribution in [2.24, 2.45) is 5.73 Å². The van der Waals surface area contributed by atoms with Gasteiger partial charge in [-0.2, -0.15) is 0 Å². The van der Waals surface area contributed by atoms with E-state index in [2.05, 4.69) is 23.6 Å². The van der Waals surface area contributed by atoms with Gasteiger partial charge < -0.3 is 30.5 Å². The molecule has 1 saturated heterocycles. The zero-order valence-electron chi connectivity index (χ0n) is 15.0. The Morgan fingerprint density at radius 1 is 1.38 bits per heavy atom. The molecule has 0 spiro atoms. The largest absolute Gasteiger partial charge is 0.405 e. The first-order chi connectivity index (χ1) is 12.2. The number of aromatic nitrogens is 2. The summed E-state index contributed by atoms with van der Waals surface area (Å²) in [6.07, 6.45) is 0.823. The zero-order chi connectivity index (χ0) is 20.3. The highest BCUT2D eigenvalue weighted by molar-refractivity contribution is 5.71.